The number of benzene rings is 1. The van der Waals surface area contributed by atoms with Crippen LogP contribution in [0.15, 0.2) is 36.9 Å². The Balaban J connectivity index is 2.76. The molecule has 1 amide bonds. The lowest BCUT2D eigenvalue weighted by Crippen LogP contribution is -2.42. The van der Waals surface area contributed by atoms with Crippen molar-refractivity contribution in [1.82, 2.24) is 5.32 Å². The number of amides is 1. The van der Waals surface area contributed by atoms with Crippen molar-refractivity contribution in [3.8, 4) is 0 Å². The Morgan fingerprint density at radius 3 is 2.71 bits per heavy atom. The summed E-state index contributed by atoms with van der Waals surface area (Å²) in [6.45, 7) is 4.81. The van der Waals surface area contributed by atoms with E-state index in [1.807, 2.05) is 0 Å². The van der Waals surface area contributed by atoms with E-state index in [1.165, 1.54) is 13.0 Å². The molecule has 0 saturated carbocycles. The fraction of sp³-hybridized carbons (Fsp3) is 0.267. The van der Waals surface area contributed by atoms with Gasteiger partial charge in [-0.1, -0.05) is 30.9 Å². The summed E-state index contributed by atoms with van der Waals surface area (Å²) in [5.41, 5.74) is 1.13. The molecule has 0 saturated heterocycles. The number of carboxylic acids is 1. The number of ether oxygens (including phenoxy) is 1. The quantitative estimate of drug-likeness (QED) is 0.590. The van der Waals surface area contributed by atoms with E-state index in [0.29, 0.717) is 11.1 Å². The molecule has 2 N–H and O–H groups in total. The first kappa shape index (κ1) is 16.4. The number of hydrogen-bond acceptors (Lipinski definition) is 4. The summed E-state index contributed by atoms with van der Waals surface area (Å²) in [4.78, 5) is 33.9. The highest BCUT2D eigenvalue weighted by molar-refractivity contribution is 5.94. The second-order valence-corrected chi connectivity index (χ2v) is 4.38. The van der Waals surface area contributed by atoms with Crippen molar-refractivity contribution in [2.24, 2.45) is 0 Å². The van der Waals surface area contributed by atoms with Gasteiger partial charge in [0.05, 0.1) is 0 Å². The standard InChI is InChI=1S/C15H17NO5/c1-3-7-21-15(20)16-13(14(18)19)9-11-5-4-6-12(8-11)10(2)17/h3-6,8,13H,1,7,9H2,2H3,(H,16,20)(H,18,19)/t13-/m0/s1. The Kier molecular flexibility index (Phi) is 6.13. The molecule has 6 nitrogen and oxygen atoms in total. The van der Waals surface area contributed by atoms with Crippen LogP contribution in [0.2, 0.25) is 0 Å². The molecule has 1 aromatic rings. The molecule has 0 aliphatic heterocycles. The van der Waals surface area contributed by atoms with Gasteiger partial charge in [-0.05, 0) is 18.6 Å². The molecule has 1 atom stereocenters. The van der Waals surface area contributed by atoms with Crippen LogP contribution in [-0.4, -0.2) is 35.6 Å². The molecule has 6 heteroatoms. The zero-order valence-corrected chi connectivity index (χ0v) is 11.7. The van der Waals surface area contributed by atoms with Gasteiger partial charge in [0.25, 0.3) is 0 Å². The molecule has 112 valence electrons. The predicted molar refractivity (Wildman–Crippen MR) is 76.3 cm³/mol. The fourth-order valence-corrected chi connectivity index (χ4v) is 1.67. The molecule has 0 heterocycles. The lowest BCUT2D eigenvalue weighted by molar-refractivity contribution is -0.139. The minimum Gasteiger partial charge on any atom is -0.480 e. The van der Waals surface area contributed by atoms with Crippen LogP contribution in [0.3, 0.4) is 0 Å². The highest BCUT2D eigenvalue weighted by Crippen LogP contribution is 2.09. The number of ketones is 1. The highest BCUT2D eigenvalue weighted by Gasteiger charge is 2.21. The number of aliphatic carboxylic acids is 1. The molecule has 0 fully saturated rings. The average Bonchev–Trinajstić information content (AvgIpc) is 2.44. The molecule has 0 spiro atoms. The van der Waals surface area contributed by atoms with E-state index in [9.17, 15) is 14.4 Å². The Morgan fingerprint density at radius 1 is 1.43 bits per heavy atom. The summed E-state index contributed by atoms with van der Waals surface area (Å²) in [7, 11) is 0. The molecule has 0 unspecified atom stereocenters. The number of carboxylic acid groups (broad SMARTS) is 1. The summed E-state index contributed by atoms with van der Waals surface area (Å²) >= 11 is 0. The number of hydrogen-bond donors (Lipinski definition) is 2. The molecule has 1 rings (SSSR count). The van der Waals surface area contributed by atoms with Crippen molar-refractivity contribution in [3.05, 3.63) is 48.0 Å². The van der Waals surface area contributed by atoms with Crippen molar-refractivity contribution in [2.45, 2.75) is 19.4 Å². The maximum atomic E-state index is 11.4. The maximum absolute atomic E-state index is 11.4. The van der Waals surface area contributed by atoms with Crippen molar-refractivity contribution in [1.29, 1.82) is 0 Å². The molecule has 0 aromatic heterocycles. The lowest BCUT2D eigenvalue weighted by Gasteiger charge is -2.14. The number of rotatable bonds is 7. The molecule has 1 aromatic carbocycles. The second-order valence-electron chi connectivity index (χ2n) is 4.38. The number of Topliss-reactive ketones (excluding diaryl/α,β-unsaturated/α-hetero) is 1. The first-order valence-corrected chi connectivity index (χ1v) is 6.31. The Labute approximate surface area is 122 Å². The smallest absolute Gasteiger partial charge is 0.408 e. The third kappa shape index (κ3) is 5.48. The normalized spacial score (nSPS) is 11.3. The van der Waals surface area contributed by atoms with Crippen LogP contribution in [0.4, 0.5) is 4.79 Å². The van der Waals surface area contributed by atoms with E-state index in [0.717, 1.165) is 0 Å². The average molecular weight is 291 g/mol. The minimum atomic E-state index is -1.18. The van der Waals surface area contributed by atoms with Crippen LogP contribution < -0.4 is 5.32 Å². The SMILES string of the molecule is C=CCOC(=O)N[C@@H](Cc1cccc(C(C)=O)c1)C(=O)O. The zero-order chi connectivity index (χ0) is 15.8. The summed E-state index contributed by atoms with van der Waals surface area (Å²) in [5.74, 6) is -1.29. The molecule has 0 aliphatic rings. The molecular weight excluding hydrogens is 274 g/mol. The number of nitrogens with one attached hydrogen (secondary N) is 1. The van der Waals surface area contributed by atoms with Crippen molar-refractivity contribution in [3.63, 3.8) is 0 Å². The summed E-state index contributed by atoms with van der Waals surface area (Å²) in [6, 6.07) is 5.48. The Hall–Kier alpha value is -2.63. The molecule has 21 heavy (non-hydrogen) atoms. The largest absolute Gasteiger partial charge is 0.480 e. The van der Waals surface area contributed by atoms with Gasteiger partial charge in [0.1, 0.15) is 12.6 Å². The van der Waals surface area contributed by atoms with E-state index in [4.69, 9.17) is 5.11 Å². The third-order valence-electron chi connectivity index (χ3n) is 2.70. The van der Waals surface area contributed by atoms with E-state index in [-0.39, 0.29) is 18.8 Å². The maximum Gasteiger partial charge on any atom is 0.408 e. The summed E-state index contributed by atoms with van der Waals surface area (Å²) in [6.07, 6.45) is 0.607. The van der Waals surface area contributed by atoms with Crippen LogP contribution in [0, 0.1) is 0 Å². The molecule has 0 radical (unpaired) electrons. The van der Waals surface area contributed by atoms with Gasteiger partial charge in [0, 0.05) is 12.0 Å². The van der Waals surface area contributed by atoms with Crippen LogP contribution in [0.25, 0.3) is 0 Å². The predicted octanol–water partition coefficient (Wildman–Crippen LogP) is 1.80. The fourth-order valence-electron chi connectivity index (χ4n) is 1.67. The van der Waals surface area contributed by atoms with Gasteiger partial charge in [0.15, 0.2) is 5.78 Å². The minimum absolute atomic E-state index is 0.00199. The Morgan fingerprint density at radius 2 is 2.14 bits per heavy atom. The topological polar surface area (TPSA) is 92.7 Å². The first-order chi connectivity index (χ1) is 9.93. The van der Waals surface area contributed by atoms with Gasteiger partial charge in [-0.15, -0.1) is 0 Å². The van der Waals surface area contributed by atoms with Crippen LogP contribution in [0.1, 0.15) is 22.8 Å². The molecular formula is C15H17NO5. The van der Waals surface area contributed by atoms with Gasteiger partial charge in [0.2, 0.25) is 0 Å². The molecule has 0 bridgehead atoms. The van der Waals surface area contributed by atoms with E-state index < -0.39 is 18.1 Å². The number of carbonyl (C=O) groups excluding carboxylic acids is 2. The van der Waals surface area contributed by atoms with Gasteiger partial charge < -0.3 is 15.2 Å². The number of carbonyl (C=O) groups is 3. The van der Waals surface area contributed by atoms with Crippen LogP contribution >= 0.6 is 0 Å². The third-order valence-corrected chi connectivity index (χ3v) is 2.70. The van der Waals surface area contributed by atoms with Crippen LogP contribution in [-0.2, 0) is 16.0 Å². The van der Waals surface area contributed by atoms with Crippen LogP contribution in [0.5, 0.6) is 0 Å². The summed E-state index contributed by atoms with van der Waals surface area (Å²) < 4.78 is 4.69. The lowest BCUT2D eigenvalue weighted by atomic mass is 10.0. The van der Waals surface area contributed by atoms with Gasteiger partial charge >= 0.3 is 12.1 Å². The van der Waals surface area contributed by atoms with Gasteiger partial charge in [-0.3, -0.25) is 4.79 Å². The first-order valence-electron chi connectivity index (χ1n) is 6.31. The van der Waals surface area contributed by atoms with E-state index in [1.54, 1.807) is 24.3 Å². The van der Waals surface area contributed by atoms with Gasteiger partial charge in [-0.2, -0.15) is 0 Å². The van der Waals surface area contributed by atoms with E-state index >= 15 is 0 Å². The Bertz CT molecular complexity index is 553. The highest BCUT2D eigenvalue weighted by atomic mass is 16.5. The number of alkyl carbamates (subject to hydrolysis) is 1. The molecule has 0 aliphatic carbocycles. The zero-order valence-electron chi connectivity index (χ0n) is 11.7. The monoisotopic (exact) mass is 291 g/mol. The van der Waals surface area contributed by atoms with Crippen molar-refractivity contribution < 1.29 is 24.2 Å². The second kappa shape index (κ2) is 7.84. The van der Waals surface area contributed by atoms with Crippen molar-refractivity contribution in [2.75, 3.05) is 6.61 Å². The summed E-state index contributed by atoms with van der Waals surface area (Å²) in [5, 5.41) is 11.4. The van der Waals surface area contributed by atoms with E-state index in [2.05, 4.69) is 16.6 Å². The van der Waals surface area contributed by atoms with Crippen molar-refractivity contribution >= 4 is 17.8 Å². The van der Waals surface area contributed by atoms with Gasteiger partial charge in [-0.25, -0.2) is 9.59 Å².